The number of hydrogen-bond donors (Lipinski definition) is 1. The summed E-state index contributed by atoms with van der Waals surface area (Å²) >= 11 is 0. The number of Topliss-reactive ketones (excluding diaryl/α,β-unsaturated/α-hetero) is 1. The van der Waals surface area contributed by atoms with E-state index in [2.05, 4.69) is 10.3 Å². The fourth-order valence-electron chi connectivity index (χ4n) is 1.13. The SMILES string of the molecule is CNCC(=O)c1cccc(OC(C)C)n1. The van der Waals surface area contributed by atoms with Gasteiger partial charge >= 0.3 is 0 Å². The summed E-state index contributed by atoms with van der Waals surface area (Å²) in [5.74, 6) is 0.457. The molecule has 15 heavy (non-hydrogen) atoms. The number of hydrogen-bond acceptors (Lipinski definition) is 4. The molecule has 0 bridgehead atoms. The van der Waals surface area contributed by atoms with E-state index in [9.17, 15) is 4.79 Å². The van der Waals surface area contributed by atoms with Crippen LogP contribution in [0.2, 0.25) is 0 Å². The highest BCUT2D eigenvalue weighted by atomic mass is 16.5. The molecule has 1 aromatic heterocycles. The standard InChI is InChI=1S/C11H16N2O2/c1-8(2)15-11-6-4-5-9(13-11)10(14)7-12-3/h4-6,8,12H,7H2,1-3H3. The molecule has 0 saturated heterocycles. The van der Waals surface area contributed by atoms with Crippen LogP contribution in [0.4, 0.5) is 0 Å². The molecule has 0 fully saturated rings. The lowest BCUT2D eigenvalue weighted by Crippen LogP contribution is -2.19. The van der Waals surface area contributed by atoms with Crippen LogP contribution < -0.4 is 10.1 Å². The van der Waals surface area contributed by atoms with Gasteiger partial charge in [-0.2, -0.15) is 0 Å². The second-order valence-electron chi connectivity index (χ2n) is 3.48. The Morgan fingerprint density at radius 3 is 2.87 bits per heavy atom. The maximum Gasteiger partial charge on any atom is 0.214 e. The first-order valence-electron chi connectivity index (χ1n) is 4.95. The molecule has 1 aromatic rings. The van der Waals surface area contributed by atoms with E-state index in [1.807, 2.05) is 13.8 Å². The second-order valence-corrected chi connectivity index (χ2v) is 3.48. The number of pyridine rings is 1. The first-order chi connectivity index (χ1) is 7.13. The lowest BCUT2D eigenvalue weighted by molar-refractivity contribution is 0.0987. The van der Waals surface area contributed by atoms with Crippen molar-refractivity contribution in [3.63, 3.8) is 0 Å². The second kappa shape index (κ2) is 5.46. The third-order valence-corrected chi connectivity index (χ3v) is 1.70. The molecule has 0 aliphatic rings. The van der Waals surface area contributed by atoms with Crippen LogP contribution in [0.3, 0.4) is 0 Å². The number of ketones is 1. The van der Waals surface area contributed by atoms with Gasteiger partial charge < -0.3 is 10.1 Å². The van der Waals surface area contributed by atoms with Crippen LogP contribution in [0, 0.1) is 0 Å². The van der Waals surface area contributed by atoms with Crippen molar-refractivity contribution in [2.45, 2.75) is 20.0 Å². The van der Waals surface area contributed by atoms with Crippen LogP contribution in [0.25, 0.3) is 0 Å². The maximum absolute atomic E-state index is 11.5. The van der Waals surface area contributed by atoms with Crippen LogP contribution >= 0.6 is 0 Å². The zero-order valence-electron chi connectivity index (χ0n) is 9.28. The van der Waals surface area contributed by atoms with Crippen LogP contribution in [0.1, 0.15) is 24.3 Å². The number of rotatable bonds is 5. The molecular weight excluding hydrogens is 192 g/mol. The Balaban J connectivity index is 2.78. The average molecular weight is 208 g/mol. The minimum Gasteiger partial charge on any atom is -0.475 e. The largest absolute Gasteiger partial charge is 0.475 e. The van der Waals surface area contributed by atoms with Crippen LogP contribution in [0.15, 0.2) is 18.2 Å². The average Bonchev–Trinajstić information content (AvgIpc) is 2.17. The van der Waals surface area contributed by atoms with Crippen molar-refractivity contribution in [2.75, 3.05) is 13.6 Å². The molecule has 0 aliphatic carbocycles. The Kier molecular flexibility index (Phi) is 4.24. The van der Waals surface area contributed by atoms with Gasteiger partial charge in [0.2, 0.25) is 5.88 Å². The number of ether oxygens (including phenoxy) is 1. The molecule has 1 N–H and O–H groups in total. The summed E-state index contributed by atoms with van der Waals surface area (Å²) in [6, 6.07) is 5.20. The molecule has 4 heteroatoms. The first-order valence-corrected chi connectivity index (χ1v) is 4.95. The van der Waals surface area contributed by atoms with Crippen molar-refractivity contribution < 1.29 is 9.53 Å². The Morgan fingerprint density at radius 1 is 1.53 bits per heavy atom. The number of aromatic nitrogens is 1. The topological polar surface area (TPSA) is 51.2 Å². The number of nitrogens with zero attached hydrogens (tertiary/aromatic N) is 1. The van der Waals surface area contributed by atoms with Gasteiger partial charge in [-0.3, -0.25) is 4.79 Å². The summed E-state index contributed by atoms with van der Waals surface area (Å²) in [4.78, 5) is 15.6. The number of carbonyl (C=O) groups excluding carboxylic acids is 1. The fraction of sp³-hybridized carbons (Fsp3) is 0.455. The van der Waals surface area contributed by atoms with Crippen molar-refractivity contribution in [3.8, 4) is 5.88 Å². The molecule has 0 aliphatic heterocycles. The summed E-state index contributed by atoms with van der Waals surface area (Å²) in [6.45, 7) is 4.13. The predicted octanol–water partition coefficient (Wildman–Crippen LogP) is 1.27. The summed E-state index contributed by atoms with van der Waals surface area (Å²) < 4.78 is 5.40. The number of nitrogens with one attached hydrogen (secondary N) is 1. The third kappa shape index (κ3) is 3.67. The van der Waals surface area contributed by atoms with Crippen LogP contribution in [-0.4, -0.2) is 30.5 Å². The summed E-state index contributed by atoms with van der Waals surface area (Å²) in [5, 5.41) is 2.80. The summed E-state index contributed by atoms with van der Waals surface area (Å²) in [5.41, 5.74) is 0.433. The molecule has 1 heterocycles. The van der Waals surface area contributed by atoms with Crippen LogP contribution in [-0.2, 0) is 0 Å². The van der Waals surface area contributed by atoms with E-state index in [4.69, 9.17) is 4.74 Å². The van der Waals surface area contributed by atoms with E-state index in [1.165, 1.54) is 0 Å². The highest BCUT2D eigenvalue weighted by Crippen LogP contribution is 2.09. The maximum atomic E-state index is 11.5. The minimum atomic E-state index is -0.0355. The van der Waals surface area contributed by atoms with Crippen molar-refractivity contribution in [1.82, 2.24) is 10.3 Å². The van der Waals surface area contributed by atoms with Crippen molar-refractivity contribution in [2.24, 2.45) is 0 Å². The van der Waals surface area contributed by atoms with Gasteiger partial charge in [-0.05, 0) is 27.0 Å². The molecule has 0 radical (unpaired) electrons. The summed E-state index contributed by atoms with van der Waals surface area (Å²) in [6.07, 6.45) is 0.0622. The lowest BCUT2D eigenvalue weighted by atomic mass is 10.2. The van der Waals surface area contributed by atoms with E-state index in [0.29, 0.717) is 11.6 Å². The smallest absolute Gasteiger partial charge is 0.214 e. The van der Waals surface area contributed by atoms with Crippen molar-refractivity contribution >= 4 is 5.78 Å². The molecular formula is C11H16N2O2. The molecule has 0 atom stereocenters. The Morgan fingerprint density at radius 2 is 2.27 bits per heavy atom. The van der Waals surface area contributed by atoms with E-state index in [-0.39, 0.29) is 18.4 Å². The van der Waals surface area contributed by atoms with Gasteiger partial charge in [0.1, 0.15) is 5.69 Å². The van der Waals surface area contributed by atoms with Gasteiger partial charge in [0.15, 0.2) is 5.78 Å². The summed E-state index contributed by atoms with van der Waals surface area (Å²) in [7, 11) is 1.73. The minimum absolute atomic E-state index is 0.0355. The van der Waals surface area contributed by atoms with Crippen molar-refractivity contribution in [3.05, 3.63) is 23.9 Å². The monoisotopic (exact) mass is 208 g/mol. The van der Waals surface area contributed by atoms with Gasteiger partial charge in [0.05, 0.1) is 12.6 Å². The molecule has 0 amide bonds. The fourth-order valence-corrected chi connectivity index (χ4v) is 1.13. The number of carbonyl (C=O) groups is 1. The van der Waals surface area contributed by atoms with E-state index >= 15 is 0 Å². The van der Waals surface area contributed by atoms with Gasteiger partial charge in [-0.15, -0.1) is 0 Å². The van der Waals surface area contributed by atoms with Gasteiger partial charge in [-0.25, -0.2) is 4.98 Å². The zero-order chi connectivity index (χ0) is 11.3. The van der Waals surface area contributed by atoms with E-state index in [1.54, 1.807) is 25.2 Å². The third-order valence-electron chi connectivity index (χ3n) is 1.70. The molecule has 4 nitrogen and oxygen atoms in total. The van der Waals surface area contributed by atoms with Crippen molar-refractivity contribution in [1.29, 1.82) is 0 Å². The van der Waals surface area contributed by atoms with Gasteiger partial charge in [0.25, 0.3) is 0 Å². The Hall–Kier alpha value is -1.42. The molecule has 0 saturated carbocycles. The molecule has 0 aromatic carbocycles. The van der Waals surface area contributed by atoms with Crippen LogP contribution in [0.5, 0.6) is 5.88 Å². The van der Waals surface area contributed by atoms with Gasteiger partial charge in [-0.1, -0.05) is 6.07 Å². The lowest BCUT2D eigenvalue weighted by Gasteiger charge is -2.09. The van der Waals surface area contributed by atoms with E-state index in [0.717, 1.165) is 0 Å². The Labute approximate surface area is 89.7 Å². The molecule has 82 valence electrons. The van der Waals surface area contributed by atoms with E-state index < -0.39 is 0 Å². The molecule has 1 rings (SSSR count). The quantitative estimate of drug-likeness (QED) is 0.740. The number of likely N-dealkylation sites (N-methyl/N-ethyl adjacent to an activating group) is 1. The Bertz CT molecular complexity index is 337. The predicted molar refractivity (Wildman–Crippen MR) is 58.3 cm³/mol. The zero-order valence-corrected chi connectivity index (χ0v) is 9.28. The molecule has 0 spiro atoms. The highest BCUT2D eigenvalue weighted by Gasteiger charge is 2.07. The highest BCUT2D eigenvalue weighted by molar-refractivity contribution is 5.95. The first kappa shape index (κ1) is 11.7. The normalized spacial score (nSPS) is 10.4. The molecule has 0 unspecified atom stereocenters. The van der Waals surface area contributed by atoms with Gasteiger partial charge in [0, 0.05) is 6.07 Å².